The van der Waals surface area contributed by atoms with Gasteiger partial charge in [0.25, 0.3) is 5.76 Å². The molecule has 1 aromatic heterocycles. The van der Waals surface area contributed by atoms with Crippen LogP contribution in [0.3, 0.4) is 0 Å². The van der Waals surface area contributed by atoms with Crippen molar-refractivity contribution in [3.05, 3.63) is 24.0 Å². The quantitative estimate of drug-likeness (QED) is 0.855. The molecule has 1 N–H and O–H groups in total. The van der Waals surface area contributed by atoms with Gasteiger partial charge in [-0.2, -0.15) is 0 Å². The Kier molecular flexibility index (Phi) is 4.22. The smallest absolute Gasteiger partial charge is 0.375 e. The number of aromatic carboxylic acids is 1. The highest BCUT2D eigenvalue weighted by Crippen LogP contribution is 2.37. The molecular weight excluding hydrogens is 284 g/mol. The predicted molar refractivity (Wildman–Crippen MR) is 81.8 cm³/mol. The van der Waals surface area contributed by atoms with Crippen LogP contribution in [0.5, 0.6) is 11.5 Å². The van der Waals surface area contributed by atoms with Gasteiger partial charge >= 0.3 is 5.97 Å². The number of carboxylic acids is 1. The molecule has 1 saturated carbocycles. The minimum absolute atomic E-state index is 0.0487. The summed E-state index contributed by atoms with van der Waals surface area (Å²) in [7, 11) is 1.57. The number of hydrogen-bond acceptors (Lipinski definition) is 4. The van der Waals surface area contributed by atoms with E-state index in [0.717, 1.165) is 25.7 Å². The van der Waals surface area contributed by atoms with E-state index < -0.39 is 5.97 Å². The highest BCUT2D eigenvalue weighted by atomic mass is 16.5. The van der Waals surface area contributed by atoms with E-state index in [-0.39, 0.29) is 11.9 Å². The molecule has 5 heteroatoms. The Hall–Kier alpha value is -2.17. The summed E-state index contributed by atoms with van der Waals surface area (Å²) in [6.07, 6.45) is 6.62. The van der Waals surface area contributed by atoms with Crippen LogP contribution in [0.15, 0.2) is 22.6 Å². The molecule has 1 aromatic carbocycles. The Bertz CT molecular complexity index is 665. The third-order valence-electron chi connectivity index (χ3n) is 4.13. The van der Waals surface area contributed by atoms with Gasteiger partial charge in [-0.25, -0.2) is 4.79 Å². The average Bonchev–Trinajstić information content (AvgIpc) is 2.69. The summed E-state index contributed by atoms with van der Waals surface area (Å²) < 4.78 is 16.7. The van der Waals surface area contributed by atoms with Gasteiger partial charge < -0.3 is 19.0 Å². The van der Waals surface area contributed by atoms with Gasteiger partial charge in [-0.3, -0.25) is 0 Å². The van der Waals surface area contributed by atoms with E-state index >= 15 is 0 Å². The fourth-order valence-corrected chi connectivity index (χ4v) is 2.97. The van der Waals surface area contributed by atoms with E-state index in [1.165, 1.54) is 12.8 Å². The van der Waals surface area contributed by atoms with Gasteiger partial charge in [0, 0.05) is 0 Å². The van der Waals surface area contributed by atoms with E-state index in [4.69, 9.17) is 13.9 Å². The third-order valence-corrected chi connectivity index (χ3v) is 4.13. The molecule has 5 nitrogen and oxygen atoms in total. The zero-order chi connectivity index (χ0) is 15.5. The number of fused-ring (bicyclic) bond motifs is 1. The van der Waals surface area contributed by atoms with Crippen molar-refractivity contribution in [2.45, 2.75) is 44.6 Å². The van der Waals surface area contributed by atoms with Crippen LogP contribution < -0.4 is 9.47 Å². The number of carbonyl (C=O) groups is 1. The standard InChI is InChI=1S/C17H20O5/c1-20-12-8-9-14-13(10-12)15(16(22-14)17(18)19)21-11-6-4-2-3-5-7-11/h8-11H,2-7H2,1H3,(H,18,19). The van der Waals surface area contributed by atoms with Gasteiger partial charge in [-0.1, -0.05) is 12.8 Å². The maximum Gasteiger partial charge on any atom is 0.375 e. The van der Waals surface area contributed by atoms with Crippen LogP contribution in [-0.2, 0) is 0 Å². The Labute approximate surface area is 128 Å². The summed E-state index contributed by atoms with van der Waals surface area (Å²) in [4.78, 5) is 11.5. The van der Waals surface area contributed by atoms with Crippen LogP contribution in [0.2, 0.25) is 0 Å². The lowest BCUT2D eigenvalue weighted by molar-refractivity contribution is 0.0653. The van der Waals surface area contributed by atoms with Crippen molar-refractivity contribution in [1.82, 2.24) is 0 Å². The summed E-state index contributed by atoms with van der Waals surface area (Å²) in [5, 5.41) is 10.0. The minimum atomic E-state index is -1.11. The van der Waals surface area contributed by atoms with Crippen molar-refractivity contribution in [3.8, 4) is 11.5 Å². The van der Waals surface area contributed by atoms with Crippen LogP contribution in [0.4, 0.5) is 0 Å². The number of ether oxygens (including phenoxy) is 2. The van der Waals surface area contributed by atoms with Crippen LogP contribution in [0.25, 0.3) is 11.0 Å². The summed E-state index contributed by atoms with van der Waals surface area (Å²) in [6.45, 7) is 0. The minimum Gasteiger partial charge on any atom is -0.497 e. The second-order valence-electron chi connectivity index (χ2n) is 5.66. The summed E-state index contributed by atoms with van der Waals surface area (Å²) >= 11 is 0. The molecule has 1 heterocycles. The van der Waals surface area contributed by atoms with Gasteiger partial charge in [-0.05, 0) is 43.9 Å². The number of furan rings is 1. The number of hydrogen-bond donors (Lipinski definition) is 1. The lowest BCUT2D eigenvalue weighted by Crippen LogP contribution is -2.16. The van der Waals surface area contributed by atoms with Gasteiger partial charge in [0.1, 0.15) is 11.3 Å². The summed E-state index contributed by atoms with van der Waals surface area (Å²) in [5.74, 6) is -0.268. The second kappa shape index (κ2) is 6.30. The molecule has 1 aliphatic rings. The van der Waals surface area contributed by atoms with Crippen molar-refractivity contribution in [1.29, 1.82) is 0 Å². The highest BCUT2D eigenvalue weighted by Gasteiger charge is 2.25. The van der Waals surface area contributed by atoms with Crippen molar-refractivity contribution in [2.24, 2.45) is 0 Å². The van der Waals surface area contributed by atoms with Gasteiger partial charge in [0.2, 0.25) is 0 Å². The molecule has 1 aliphatic carbocycles. The molecule has 0 bridgehead atoms. The van der Waals surface area contributed by atoms with E-state index in [2.05, 4.69) is 0 Å². The van der Waals surface area contributed by atoms with Crippen molar-refractivity contribution in [3.63, 3.8) is 0 Å². The average molecular weight is 304 g/mol. The lowest BCUT2D eigenvalue weighted by Gasteiger charge is -2.16. The van der Waals surface area contributed by atoms with E-state index in [0.29, 0.717) is 22.5 Å². The Balaban J connectivity index is 2.00. The van der Waals surface area contributed by atoms with Gasteiger partial charge in [-0.15, -0.1) is 0 Å². The number of benzene rings is 1. The molecule has 0 amide bonds. The van der Waals surface area contributed by atoms with Crippen molar-refractivity contribution < 1.29 is 23.8 Å². The number of carboxylic acid groups (broad SMARTS) is 1. The van der Waals surface area contributed by atoms with Crippen LogP contribution in [0.1, 0.15) is 49.1 Å². The molecule has 0 atom stereocenters. The van der Waals surface area contributed by atoms with Crippen LogP contribution in [0, 0.1) is 0 Å². The van der Waals surface area contributed by atoms with Crippen LogP contribution >= 0.6 is 0 Å². The zero-order valence-electron chi connectivity index (χ0n) is 12.6. The molecule has 118 valence electrons. The maximum absolute atomic E-state index is 11.5. The largest absolute Gasteiger partial charge is 0.497 e. The monoisotopic (exact) mass is 304 g/mol. The fourth-order valence-electron chi connectivity index (χ4n) is 2.97. The van der Waals surface area contributed by atoms with Crippen molar-refractivity contribution >= 4 is 16.9 Å². The molecule has 0 spiro atoms. The molecule has 0 aliphatic heterocycles. The van der Waals surface area contributed by atoms with Crippen LogP contribution in [-0.4, -0.2) is 24.3 Å². The molecule has 2 aromatic rings. The predicted octanol–water partition coefficient (Wildman–Crippen LogP) is 4.24. The summed E-state index contributed by atoms with van der Waals surface area (Å²) in [5.41, 5.74) is 0.502. The normalized spacial score (nSPS) is 16.4. The van der Waals surface area contributed by atoms with E-state index in [9.17, 15) is 9.90 Å². The summed E-state index contributed by atoms with van der Waals surface area (Å²) in [6, 6.07) is 5.21. The molecule has 0 radical (unpaired) electrons. The SMILES string of the molecule is COc1ccc2oc(C(=O)O)c(OC3CCCCCC3)c2c1. The second-order valence-corrected chi connectivity index (χ2v) is 5.66. The fraction of sp³-hybridized carbons (Fsp3) is 0.471. The van der Waals surface area contributed by atoms with Crippen molar-refractivity contribution in [2.75, 3.05) is 7.11 Å². The molecule has 1 fully saturated rings. The first-order chi connectivity index (χ1) is 10.7. The first-order valence-electron chi connectivity index (χ1n) is 7.69. The molecule has 3 rings (SSSR count). The highest BCUT2D eigenvalue weighted by molar-refractivity contribution is 5.98. The number of methoxy groups -OCH3 is 1. The maximum atomic E-state index is 11.5. The Morgan fingerprint density at radius 2 is 1.95 bits per heavy atom. The molecule has 0 unspecified atom stereocenters. The molecule has 22 heavy (non-hydrogen) atoms. The Morgan fingerprint density at radius 1 is 1.23 bits per heavy atom. The first kappa shape index (κ1) is 14.8. The zero-order valence-corrected chi connectivity index (χ0v) is 12.6. The Morgan fingerprint density at radius 3 is 2.59 bits per heavy atom. The van der Waals surface area contributed by atoms with E-state index in [1.54, 1.807) is 25.3 Å². The van der Waals surface area contributed by atoms with E-state index in [1.807, 2.05) is 0 Å². The third kappa shape index (κ3) is 2.89. The van der Waals surface area contributed by atoms with Gasteiger partial charge in [0.15, 0.2) is 5.75 Å². The molecular formula is C17H20O5. The molecule has 0 saturated heterocycles. The van der Waals surface area contributed by atoms with Gasteiger partial charge in [0.05, 0.1) is 18.6 Å². The lowest BCUT2D eigenvalue weighted by atomic mass is 10.1. The number of rotatable bonds is 4. The topological polar surface area (TPSA) is 68.9 Å². The first-order valence-corrected chi connectivity index (χ1v) is 7.69.